The van der Waals surface area contributed by atoms with Gasteiger partial charge in [0.15, 0.2) is 0 Å². The van der Waals surface area contributed by atoms with Crippen molar-refractivity contribution in [3.63, 3.8) is 0 Å². The van der Waals surface area contributed by atoms with Gasteiger partial charge in [0.25, 0.3) is 0 Å². The summed E-state index contributed by atoms with van der Waals surface area (Å²) in [5, 5.41) is 29.8. The normalized spacial score (nSPS) is 39.6. The van der Waals surface area contributed by atoms with Gasteiger partial charge >= 0.3 is 0 Å². The van der Waals surface area contributed by atoms with Crippen LogP contribution in [0.4, 0.5) is 0 Å². The molecule has 0 aromatic rings. The highest BCUT2D eigenvalue weighted by atomic mass is 32.2. The highest BCUT2D eigenvalue weighted by Crippen LogP contribution is 2.37. The fourth-order valence-electron chi connectivity index (χ4n) is 2.28. The molecule has 5 atom stereocenters. The predicted octanol–water partition coefficient (Wildman–Crippen LogP) is 0.520. The monoisotopic (exact) mass is 275 g/mol. The molecule has 104 valence electrons. The molecule has 2 rings (SSSR count). The number of nitrogens with zero attached hydrogens (tertiary/aromatic N) is 1. The van der Waals surface area contributed by atoms with E-state index >= 15 is 0 Å². The van der Waals surface area contributed by atoms with Gasteiger partial charge in [-0.25, -0.2) is 0 Å². The maximum absolute atomic E-state index is 9.98. The Bertz CT molecular complexity index is 312. The number of unbranched alkanes of at least 4 members (excludes halogenated alkanes) is 2. The van der Waals surface area contributed by atoms with Gasteiger partial charge in [-0.3, -0.25) is 4.99 Å². The van der Waals surface area contributed by atoms with E-state index in [0.29, 0.717) is 0 Å². The first-order valence-electron chi connectivity index (χ1n) is 6.53. The molecule has 2 aliphatic rings. The summed E-state index contributed by atoms with van der Waals surface area (Å²) < 4.78 is 5.57. The Morgan fingerprint density at radius 1 is 1.28 bits per heavy atom. The molecule has 0 aromatic heterocycles. The number of thioether (sulfide) groups is 1. The second kappa shape index (κ2) is 6.34. The third kappa shape index (κ3) is 2.88. The Hall–Kier alpha value is -0.140. The molecule has 1 saturated heterocycles. The zero-order valence-corrected chi connectivity index (χ0v) is 11.3. The second-order valence-corrected chi connectivity index (χ2v) is 5.97. The largest absolute Gasteiger partial charge is 0.394 e. The van der Waals surface area contributed by atoms with E-state index in [9.17, 15) is 10.2 Å². The summed E-state index contributed by atoms with van der Waals surface area (Å²) in [5.74, 6) is 0. The maximum atomic E-state index is 9.98. The van der Waals surface area contributed by atoms with Gasteiger partial charge in [0.1, 0.15) is 29.8 Å². The van der Waals surface area contributed by atoms with Gasteiger partial charge in [-0.15, -0.1) is 0 Å². The summed E-state index contributed by atoms with van der Waals surface area (Å²) in [7, 11) is 0. The van der Waals surface area contributed by atoms with E-state index in [1.165, 1.54) is 18.2 Å². The van der Waals surface area contributed by atoms with E-state index in [1.807, 2.05) is 0 Å². The van der Waals surface area contributed by atoms with Crippen molar-refractivity contribution in [2.45, 2.75) is 62.4 Å². The van der Waals surface area contributed by atoms with Gasteiger partial charge in [0, 0.05) is 0 Å². The maximum Gasteiger partial charge on any atom is 0.134 e. The molecule has 0 aromatic carbocycles. The van der Waals surface area contributed by atoms with Gasteiger partial charge < -0.3 is 20.1 Å². The van der Waals surface area contributed by atoms with Gasteiger partial charge in [-0.05, 0) is 12.8 Å². The van der Waals surface area contributed by atoms with Crippen molar-refractivity contribution in [2.75, 3.05) is 6.61 Å². The van der Waals surface area contributed by atoms with Crippen LogP contribution in [0.5, 0.6) is 0 Å². The first-order chi connectivity index (χ1) is 8.67. The fraction of sp³-hybridized carbons (Fsp3) is 0.917. The Morgan fingerprint density at radius 3 is 2.72 bits per heavy atom. The SMILES string of the molecule is CCCCCC1=N[C@@H]2[C@@H](O)[C@H](O)[C@@H](CO)O[C@@H]2S1. The Kier molecular flexibility index (Phi) is 5.03. The molecule has 0 aliphatic carbocycles. The molecular formula is C12H21NO4S. The molecule has 6 heteroatoms. The molecule has 0 amide bonds. The molecule has 0 saturated carbocycles. The number of hydrogen-bond donors (Lipinski definition) is 3. The molecule has 5 nitrogen and oxygen atoms in total. The molecule has 0 radical (unpaired) electrons. The molecule has 2 heterocycles. The lowest BCUT2D eigenvalue weighted by molar-refractivity contribution is -0.164. The van der Waals surface area contributed by atoms with Crippen molar-refractivity contribution in [3.8, 4) is 0 Å². The molecular weight excluding hydrogens is 254 g/mol. The van der Waals surface area contributed by atoms with E-state index < -0.39 is 24.4 Å². The number of aliphatic imine (C=N–C) groups is 1. The molecule has 2 aliphatic heterocycles. The van der Waals surface area contributed by atoms with E-state index in [2.05, 4.69) is 11.9 Å². The van der Waals surface area contributed by atoms with Gasteiger partial charge in [-0.2, -0.15) is 0 Å². The highest BCUT2D eigenvalue weighted by Gasteiger charge is 2.47. The van der Waals surface area contributed by atoms with E-state index in [4.69, 9.17) is 9.84 Å². The summed E-state index contributed by atoms with van der Waals surface area (Å²) in [4.78, 5) is 4.45. The topological polar surface area (TPSA) is 82.3 Å². The van der Waals surface area contributed by atoms with Crippen LogP contribution in [0.15, 0.2) is 4.99 Å². The minimum Gasteiger partial charge on any atom is -0.394 e. The fourth-order valence-corrected chi connectivity index (χ4v) is 3.55. The smallest absolute Gasteiger partial charge is 0.134 e. The van der Waals surface area contributed by atoms with E-state index in [1.54, 1.807) is 0 Å². The summed E-state index contributed by atoms with van der Waals surface area (Å²) in [6, 6.07) is -0.399. The van der Waals surface area contributed by atoms with Crippen LogP contribution in [0.2, 0.25) is 0 Å². The third-order valence-corrected chi connectivity index (χ3v) is 4.59. The molecule has 1 fully saturated rings. The van der Waals surface area contributed by atoms with Crippen molar-refractivity contribution >= 4 is 16.8 Å². The van der Waals surface area contributed by atoms with Crippen molar-refractivity contribution < 1.29 is 20.1 Å². The summed E-state index contributed by atoms with van der Waals surface area (Å²) in [6.07, 6.45) is 1.60. The highest BCUT2D eigenvalue weighted by molar-refractivity contribution is 8.14. The minimum atomic E-state index is -1.06. The lowest BCUT2D eigenvalue weighted by atomic mass is 9.99. The Balaban J connectivity index is 1.95. The van der Waals surface area contributed by atoms with Crippen molar-refractivity contribution in [3.05, 3.63) is 0 Å². The van der Waals surface area contributed by atoms with Gasteiger partial charge in [0.05, 0.1) is 11.7 Å². The van der Waals surface area contributed by atoms with E-state index in [-0.39, 0.29) is 12.0 Å². The van der Waals surface area contributed by atoms with Crippen molar-refractivity contribution in [1.82, 2.24) is 0 Å². The number of aliphatic hydroxyl groups excluding tert-OH is 3. The lowest BCUT2D eigenvalue weighted by Gasteiger charge is -2.37. The zero-order valence-electron chi connectivity index (χ0n) is 10.5. The zero-order chi connectivity index (χ0) is 13.1. The van der Waals surface area contributed by atoms with Crippen molar-refractivity contribution in [2.24, 2.45) is 4.99 Å². The number of fused-ring (bicyclic) bond motifs is 1. The molecule has 0 bridgehead atoms. The van der Waals surface area contributed by atoms with E-state index in [0.717, 1.165) is 24.3 Å². The number of hydrogen-bond acceptors (Lipinski definition) is 6. The average molecular weight is 275 g/mol. The summed E-state index contributed by atoms with van der Waals surface area (Å²) >= 11 is 1.52. The number of aliphatic hydroxyl groups is 3. The summed E-state index contributed by atoms with van der Waals surface area (Å²) in [6.45, 7) is 1.87. The van der Waals surface area contributed by atoms with Gasteiger partial charge in [-0.1, -0.05) is 31.5 Å². The van der Waals surface area contributed by atoms with Crippen LogP contribution in [0, 0.1) is 0 Å². The van der Waals surface area contributed by atoms with Crippen LogP contribution in [-0.2, 0) is 4.74 Å². The lowest BCUT2D eigenvalue weighted by Crippen LogP contribution is -2.55. The predicted molar refractivity (Wildman–Crippen MR) is 70.7 cm³/mol. The molecule has 0 spiro atoms. The van der Waals surface area contributed by atoms with Crippen LogP contribution in [0.3, 0.4) is 0 Å². The average Bonchev–Trinajstić information content (AvgIpc) is 2.77. The summed E-state index contributed by atoms with van der Waals surface area (Å²) in [5.41, 5.74) is -0.267. The minimum absolute atomic E-state index is 0.267. The Morgan fingerprint density at radius 2 is 2.06 bits per heavy atom. The quantitative estimate of drug-likeness (QED) is 0.637. The van der Waals surface area contributed by atoms with Crippen LogP contribution < -0.4 is 0 Å². The van der Waals surface area contributed by atoms with Crippen molar-refractivity contribution in [1.29, 1.82) is 0 Å². The van der Waals surface area contributed by atoms with Crippen LogP contribution >= 0.6 is 11.8 Å². The molecule has 0 unspecified atom stereocenters. The second-order valence-electron chi connectivity index (χ2n) is 4.80. The van der Waals surface area contributed by atoms with Crippen LogP contribution in [0.1, 0.15) is 32.6 Å². The Labute approximate surface area is 111 Å². The first-order valence-corrected chi connectivity index (χ1v) is 7.41. The standard InChI is InChI=1S/C12H21NO4S/c1-2-3-4-5-8-13-9-11(16)10(15)7(6-14)17-12(9)18-8/h7,9-12,14-16H,2-6H2,1H3/t7-,9-,10-,11-,12-/m1/s1. The molecule has 18 heavy (non-hydrogen) atoms. The van der Waals surface area contributed by atoms with Crippen LogP contribution in [0.25, 0.3) is 0 Å². The number of rotatable bonds is 5. The first kappa shape index (κ1) is 14.3. The van der Waals surface area contributed by atoms with Gasteiger partial charge in [0.2, 0.25) is 0 Å². The molecule has 3 N–H and O–H groups in total. The van der Waals surface area contributed by atoms with Crippen LogP contribution in [-0.4, -0.2) is 56.8 Å². The number of ether oxygens (including phenoxy) is 1. The third-order valence-electron chi connectivity index (χ3n) is 3.39.